The SMILES string of the molecule is CC(C)OC(CCNC(=O)c1cc(-c2ccccc2Cl)on1)C(=O)O. The molecule has 1 aromatic heterocycles. The third-order valence-electron chi connectivity index (χ3n) is 3.29. The molecule has 2 rings (SSSR count). The van der Waals surface area contributed by atoms with Gasteiger partial charge in [-0.15, -0.1) is 0 Å². The van der Waals surface area contributed by atoms with E-state index >= 15 is 0 Å². The van der Waals surface area contributed by atoms with Gasteiger partial charge in [-0.05, 0) is 26.0 Å². The molecule has 1 atom stereocenters. The quantitative estimate of drug-likeness (QED) is 0.744. The Hall–Kier alpha value is -2.38. The van der Waals surface area contributed by atoms with E-state index in [0.29, 0.717) is 16.3 Å². The fourth-order valence-corrected chi connectivity index (χ4v) is 2.38. The van der Waals surface area contributed by atoms with Crippen molar-refractivity contribution in [3.63, 3.8) is 0 Å². The van der Waals surface area contributed by atoms with E-state index in [1.165, 1.54) is 6.07 Å². The Morgan fingerprint density at radius 1 is 1.36 bits per heavy atom. The Labute approximate surface area is 149 Å². The number of aliphatic carboxylic acids is 1. The number of hydrogen-bond acceptors (Lipinski definition) is 5. The van der Waals surface area contributed by atoms with Gasteiger partial charge in [0.1, 0.15) is 0 Å². The number of benzene rings is 1. The van der Waals surface area contributed by atoms with Crippen LogP contribution < -0.4 is 5.32 Å². The summed E-state index contributed by atoms with van der Waals surface area (Å²) in [4.78, 5) is 23.2. The summed E-state index contributed by atoms with van der Waals surface area (Å²) in [6.07, 6.45) is -1.05. The van der Waals surface area contributed by atoms with E-state index in [1.54, 1.807) is 38.1 Å². The minimum atomic E-state index is -1.06. The molecule has 1 aromatic carbocycles. The molecular formula is C17H19ClN2O5. The van der Waals surface area contributed by atoms with Crippen LogP contribution in [0.15, 0.2) is 34.9 Å². The van der Waals surface area contributed by atoms with Crippen LogP contribution in [-0.4, -0.2) is 40.9 Å². The average molecular weight is 367 g/mol. The smallest absolute Gasteiger partial charge is 0.332 e. The van der Waals surface area contributed by atoms with Crippen molar-refractivity contribution in [2.24, 2.45) is 0 Å². The first-order valence-electron chi connectivity index (χ1n) is 7.76. The molecule has 1 amide bonds. The lowest BCUT2D eigenvalue weighted by Gasteiger charge is -2.16. The number of amides is 1. The normalized spacial score (nSPS) is 12.2. The summed E-state index contributed by atoms with van der Waals surface area (Å²) in [7, 11) is 0. The number of rotatable bonds is 8. The molecule has 25 heavy (non-hydrogen) atoms. The molecule has 2 N–H and O–H groups in total. The average Bonchev–Trinajstić information content (AvgIpc) is 3.03. The van der Waals surface area contributed by atoms with Crippen molar-refractivity contribution >= 4 is 23.5 Å². The topological polar surface area (TPSA) is 102 Å². The number of nitrogens with one attached hydrogen (secondary N) is 1. The molecule has 0 fully saturated rings. The number of carboxylic acid groups (broad SMARTS) is 1. The van der Waals surface area contributed by atoms with Crippen molar-refractivity contribution in [1.82, 2.24) is 10.5 Å². The lowest BCUT2D eigenvalue weighted by Crippen LogP contribution is -2.33. The van der Waals surface area contributed by atoms with Crippen LogP contribution >= 0.6 is 11.6 Å². The third-order valence-corrected chi connectivity index (χ3v) is 3.62. The number of carboxylic acids is 1. The van der Waals surface area contributed by atoms with Gasteiger partial charge in [0.05, 0.1) is 11.1 Å². The zero-order chi connectivity index (χ0) is 18.4. The number of aromatic nitrogens is 1. The zero-order valence-electron chi connectivity index (χ0n) is 13.9. The Balaban J connectivity index is 1.94. The summed E-state index contributed by atoms with van der Waals surface area (Å²) in [5.41, 5.74) is 0.721. The summed E-state index contributed by atoms with van der Waals surface area (Å²) < 4.78 is 10.4. The van der Waals surface area contributed by atoms with E-state index in [9.17, 15) is 9.59 Å². The van der Waals surface area contributed by atoms with Crippen LogP contribution in [0, 0.1) is 0 Å². The first kappa shape index (κ1) is 19.0. The lowest BCUT2D eigenvalue weighted by atomic mass is 10.1. The number of ether oxygens (including phenoxy) is 1. The van der Waals surface area contributed by atoms with Gasteiger partial charge in [0.2, 0.25) is 0 Å². The van der Waals surface area contributed by atoms with Gasteiger partial charge in [0.15, 0.2) is 17.6 Å². The van der Waals surface area contributed by atoms with E-state index in [4.69, 9.17) is 26.0 Å². The van der Waals surface area contributed by atoms with Crippen LogP contribution in [0.1, 0.15) is 30.8 Å². The Morgan fingerprint density at radius 3 is 2.72 bits per heavy atom. The Kier molecular flexibility index (Phi) is 6.55. The van der Waals surface area contributed by atoms with E-state index in [2.05, 4.69) is 10.5 Å². The second-order valence-corrected chi connectivity index (χ2v) is 6.02. The maximum Gasteiger partial charge on any atom is 0.332 e. The largest absolute Gasteiger partial charge is 0.479 e. The van der Waals surface area contributed by atoms with Crippen molar-refractivity contribution in [3.05, 3.63) is 41.0 Å². The summed E-state index contributed by atoms with van der Waals surface area (Å²) in [5, 5.41) is 15.9. The highest BCUT2D eigenvalue weighted by molar-refractivity contribution is 6.33. The molecule has 0 aliphatic rings. The van der Waals surface area contributed by atoms with Crippen LogP contribution in [0.25, 0.3) is 11.3 Å². The van der Waals surface area contributed by atoms with E-state index in [1.807, 2.05) is 0 Å². The molecule has 0 saturated heterocycles. The maximum absolute atomic E-state index is 12.1. The zero-order valence-corrected chi connectivity index (χ0v) is 14.6. The molecule has 0 radical (unpaired) electrons. The van der Waals surface area contributed by atoms with Gasteiger partial charge in [-0.25, -0.2) is 4.79 Å². The molecule has 1 unspecified atom stereocenters. The molecule has 1 heterocycles. The summed E-state index contributed by atoms with van der Waals surface area (Å²) in [5.74, 6) is -1.15. The minimum absolute atomic E-state index is 0.0894. The van der Waals surface area contributed by atoms with E-state index < -0.39 is 18.0 Å². The minimum Gasteiger partial charge on any atom is -0.479 e. The van der Waals surface area contributed by atoms with Crippen molar-refractivity contribution in [2.45, 2.75) is 32.5 Å². The molecule has 0 aliphatic carbocycles. The third kappa shape index (κ3) is 5.30. The summed E-state index contributed by atoms with van der Waals surface area (Å²) in [6, 6.07) is 8.53. The predicted molar refractivity (Wildman–Crippen MR) is 91.5 cm³/mol. The van der Waals surface area contributed by atoms with Gasteiger partial charge in [-0.2, -0.15) is 0 Å². The fourth-order valence-electron chi connectivity index (χ4n) is 2.16. The molecule has 7 nitrogen and oxygen atoms in total. The van der Waals surface area contributed by atoms with Gasteiger partial charge in [-0.3, -0.25) is 4.79 Å². The molecule has 8 heteroatoms. The van der Waals surface area contributed by atoms with Gasteiger partial charge in [-0.1, -0.05) is 28.9 Å². The van der Waals surface area contributed by atoms with E-state index in [-0.39, 0.29) is 24.8 Å². The summed E-state index contributed by atoms with van der Waals surface area (Å²) in [6.45, 7) is 3.64. The predicted octanol–water partition coefficient (Wildman–Crippen LogP) is 2.99. The van der Waals surface area contributed by atoms with Crippen molar-refractivity contribution < 1.29 is 24.0 Å². The van der Waals surface area contributed by atoms with Gasteiger partial charge in [0, 0.05) is 24.6 Å². The Bertz CT molecular complexity index is 744. The van der Waals surface area contributed by atoms with E-state index in [0.717, 1.165) is 0 Å². The van der Waals surface area contributed by atoms with Crippen LogP contribution in [0.5, 0.6) is 0 Å². The van der Waals surface area contributed by atoms with Crippen molar-refractivity contribution in [3.8, 4) is 11.3 Å². The monoisotopic (exact) mass is 366 g/mol. The number of nitrogens with zero attached hydrogens (tertiary/aromatic N) is 1. The van der Waals surface area contributed by atoms with Crippen LogP contribution in [0.2, 0.25) is 5.02 Å². The molecule has 0 aliphatic heterocycles. The number of hydrogen-bond donors (Lipinski definition) is 2. The molecule has 134 valence electrons. The molecule has 0 bridgehead atoms. The number of carbonyl (C=O) groups is 2. The highest BCUT2D eigenvalue weighted by Crippen LogP contribution is 2.27. The number of carbonyl (C=O) groups excluding carboxylic acids is 1. The van der Waals surface area contributed by atoms with Gasteiger partial charge in [0.25, 0.3) is 5.91 Å². The highest BCUT2D eigenvalue weighted by atomic mass is 35.5. The van der Waals surface area contributed by atoms with Crippen LogP contribution in [0.3, 0.4) is 0 Å². The first-order chi connectivity index (χ1) is 11.9. The van der Waals surface area contributed by atoms with Crippen LogP contribution in [-0.2, 0) is 9.53 Å². The maximum atomic E-state index is 12.1. The van der Waals surface area contributed by atoms with Gasteiger partial charge < -0.3 is 19.7 Å². The first-order valence-corrected chi connectivity index (χ1v) is 8.14. The van der Waals surface area contributed by atoms with Gasteiger partial charge >= 0.3 is 5.97 Å². The lowest BCUT2D eigenvalue weighted by molar-refractivity contribution is -0.153. The van der Waals surface area contributed by atoms with Crippen molar-refractivity contribution in [2.75, 3.05) is 6.54 Å². The van der Waals surface area contributed by atoms with Crippen molar-refractivity contribution in [1.29, 1.82) is 0 Å². The molecule has 2 aromatic rings. The fraction of sp³-hybridized carbons (Fsp3) is 0.353. The molecule has 0 spiro atoms. The second kappa shape index (κ2) is 8.64. The summed E-state index contributed by atoms with van der Waals surface area (Å²) >= 11 is 6.08. The molecule has 0 saturated carbocycles. The highest BCUT2D eigenvalue weighted by Gasteiger charge is 2.20. The molecular weight excluding hydrogens is 348 g/mol. The second-order valence-electron chi connectivity index (χ2n) is 5.61. The number of halogens is 1. The Morgan fingerprint density at radius 2 is 2.08 bits per heavy atom. The standard InChI is InChI=1S/C17H19ClN2O5/c1-10(2)24-14(17(22)23)7-8-19-16(21)13-9-15(25-20-13)11-5-3-4-6-12(11)18/h3-6,9-10,14H,7-8H2,1-2H3,(H,19,21)(H,22,23). The van der Waals surface area contributed by atoms with Crippen LogP contribution in [0.4, 0.5) is 0 Å².